The van der Waals surface area contributed by atoms with Gasteiger partial charge in [0.15, 0.2) is 0 Å². The number of hydrogen-bond donors (Lipinski definition) is 0. The van der Waals surface area contributed by atoms with Gasteiger partial charge in [0.25, 0.3) is 0 Å². The molecule has 0 N–H and O–H groups in total. The Morgan fingerprint density at radius 3 is 1.18 bits per heavy atom. The van der Waals surface area contributed by atoms with Gasteiger partial charge in [-0.1, -0.05) is 48.5 Å². The second kappa shape index (κ2) is 4.51. The Hall–Kier alpha value is 0.505. The molecule has 0 bridgehead atoms. The van der Waals surface area contributed by atoms with Crippen LogP contribution in [0.2, 0.25) is 0 Å². The van der Waals surface area contributed by atoms with Crippen molar-refractivity contribution in [2.45, 2.75) is 0 Å². The molecule has 0 nitrogen and oxygen atoms in total. The molecule has 0 aliphatic heterocycles. The Balaban J connectivity index is 0.000000605. The first kappa shape index (κ1) is 9.59. The van der Waals surface area contributed by atoms with Gasteiger partial charge in [-0.3, -0.25) is 0 Å². The Bertz CT molecular complexity index is 281. The fraction of sp³-hybridized carbons (Fsp3) is 0. The van der Waals surface area contributed by atoms with Crippen LogP contribution in [0.5, 0.6) is 0 Å². The molecule has 0 fully saturated rings. The van der Waals surface area contributed by atoms with Gasteiger partial charge in [0.2, 0.25) is 0 Å². The number of benzene rings is 2. The molecule has 2 aromatic carbocycles. The molecule has 2 aromatic rings. The van der Waals surface area contributed by atoms with Crippen LogP contribution in [0.25, 0.3) is 10.8 Å². The summed E-state index contributed by atoms with van der Waals surface area (Å²) in [6.07, 6.45) is 0. The third-order valence-corrected chi connectivity index (χ3v) is 1.66. The van der Waals surface area contributed by atoms with E-state index in [0.29, 0.717) is 0 Å². The average molecular weight is 215 g/mol. The molecule has 0 aliphatic rings. The van der Waals surface area contributed by atoms with Crippen molar-refractivity contribution in [3.8, 4) is 0 Å². The van der Waals surface area contributed by atoms with Crippen LogP contribution >= 0.6 is 0 Å². The van der Waals surface area contributed by atoms with Gasteiger partial charge in [-0.25, -0.2) is 0 Å². The Morgan fingerprint density at radius 2 is 0.909 bits per heavy atom. The molecule has 1 heteroatoms. The summed E-state index contributed by atoms with van der Waals surface area (Å²) in [4.78, 5) is 0. The summed E-state index contributed by atoms with van der Waals surface area (Å²) in [7, 11) is 0. The van der Waals surface area contributed by atoms with Crippen molar-refractivity contribution >= 4 is 10.8 Å². The molecule has 0 amide bonds. The molecular weight excluding hydrogens is 206 g/mol. The summed E-state index contributed by atoms with van der Waals surface area (Å²) >= 11 is 0. The molecule has 0 aliphatic carbocycles. The van der Waals surface area contributed by atoms with Crippen molar-refractivity contribution in [3.05, 3.63) is 48.5 Å². The Kier molecular flexibility index (Phi) is 3.93. The van der Waals surface area contributed by atoms with Crippen molar-refractivity contribution in [1.82, 2.24) is 0 Å². The van der Waals surface area contributed by atoms with E-state index >= 15 is 0 Å². The maximum absolute atomic E-state index is 2.12. The van der Waals surface area contributed by atoms with E-state index in [1.54, 1.807) is 0 Å². The van der Waals surface area contributed by atoms with Gasteiger partial charge in [-0.2, -0.15) is 0 Å². The maximum Gasteiger partial charge on any atom is 1.00 e. The normalized spacial score (nSPS) is 9.09. The van der Waals surface area contributed by atoms with Crippen molar-refractivity contribution in [1.29, 1.82) is 0 Å². The van der Waals surface area contributed by atoms with Gasteiger partial charge in [0, 0.05) is 0 Å². The number of rotatable bonds is 0. The molecule has 0 atom stereocenters. The Morgan fingerprint density at radius 1 is 0.636 bits per heavy atom. The average Bonchev–Trinajstić information content (AvgIpc) is 2.05. The predicted octanol–water partition coefficient (Wildman–Crippen LogP) is -0.0437. The van der Waals surface area contributed by atoms with Crippen molar-refractivity contribution in [2.24, 2.45) is 0 Å². The summed E-state index contributed by atoms with van der Waals surface area (Å²) in [5, 5.41) is 2.62. The van der Waals surface area contributed by atoms with E-state index in [-0.39, 0.29) is 59.6 Å². The van der Waals surface area contributed by atoms with Gasteiger partial charge in [-0.05, 0) is 10.8 Å². The summed E-state index contributed by atoms with van der Waals surface area (Å²) in [5.74, 6) is 0. The third-order valence-electron chi connectivity index (χ3n) is 1.66. The van der Waals surface area contributed by atoms with E-state index in [2.05, 4.69) is 48.5 Å². The fourth-order valence-electron chi connectivity index (χ4n) is 1.13. The smallest absolute Gasteiger partial charge is 1.00 e. The molecule has 2 rings (SSSR count). The van der Waals surface area contributed by atoms with E-state index in [4.69, 9.17) is 0 Å². The quantitative estimate of drug-likeness (QED) is 0.577. The van der Waals surface area contributed by atoms with Crippen LogP contribution < -0.4 is 58.2 Å². The first-order chi connectivity index (χ1) is 4.97. The number of fused-ring (bicyclic) bond motifs is 1. The first-order valence-electron chi connectivity index (χ1n) is 3.40. The van der Waals surface area contributed by atoms with E-state index < -0.39 is 0 Å². The van der Waals surface area contributed by atoms with Gasteiger partial charge in [-0.15, -0.1) is 0 Å². The Labute approximate surface area is 117 Å². The van der Waals surface area contributed by atoms with Crippen molar-refractivity contribution in [3.63, 3.8) is 0 Å². The minimum atomic E-state index is 0. The van der Waals surface area contributed by atoms with E-state index in [1.165, 1.54) is 10.8 Å². The van der Waals surface area contributed by atoms with Crippen LogP contribution in [0.4, 0.5) is 0 Å². The van der Waals surface area contributed by atoms with Crippen LogP contribution in [-0.4, -0.2) is 0 Å². The monoisotopic (exact) mass is 214 g/mol. The minimum absolute atomic E-state index is 0. The predicted molar refractivity (Wildman–Crippen MR) is 45.1 cm³/mol. The van der Waals surface area contributed by atoms with E-state index in [1.807, 2.05) is 0 Å². The molecule has 0 saturated heterocycles. The van der Waals surface area contributed by atoms with E-state index in [0.717, 1.165) is 0 Å². The summed E-state index contributed by atoms with van der Waals surface area (Å²) in [6, 6.07) is 16.7. The molecule has 0 spiro atoms. The first-order valence-corrected chi connectivity index (χ1v) is 3.40. The van der Waals surface area contributed by atoms with Gasteiger partial charge >= 0.3 is 58.2 Å². The molecule has 0 aromatic heterocycles. The van der Waals surface area contributed by atoms with Crippen LogP contribution in [0.3, 0.4) is 0 Å². The fourth-order valence-corrected chi connectivity index (χ4v) is 1.13. The summed E-state index contributed by atoms with van der Waals surface area (Å²) < 4.78 is 0. The zero-order chi connectivity index (χ0) is 6.81. The van der Waals surface area contributed by atoms with Gasteiger partial charge < -0.3 is 1.43 Å². The zero-order valence-corrected chi connectivity index (χ0v) is 11.5. The second-order valence-corrected chi connectivity index (χ2v) is 2.35. The third kappa shape index (κ3) is 2.22. The van der Waals surface area contributed by atoms with Crippen LogP contribution in [0.15, 0.2) is 48.5 Å². The van der Waals surface area contributed by atoms with Crippen LogP contribution in [-0.2, 0) is 0 Å². The topological polar surface area (TPSA) is 0 Å². The SMILES string of the molecule is [H-].[Rb+].c1ccc2ccccc2c1. The van der Waals surface area contributed by atoms with Crippen molar-refractivity contribution in [2.75, 3.05) is 0 Å². The molecule has 0 unspecified atom stereocenters. The van der Waals surface area contributed by atoms with Crippen molar-refractivity contribution < 1.29 is 59.6 Å². The zero-order valence-electron chi connectivity index (χ0n) is 7.62. The molecule has 0 saturated carbocycles. The van der Waals surface area contributed by atoms with Gasteiger partial charge in [0.1, 0.15) is 0 Å². The molecule has 0 radical (unpaired) electrons. The maximum atomic E-state index is 2.12. The summed E-state index contributed by atoms with van der Waals surface area (Å²) in [5.41, 5.74) is 0. The standard InChI is InChI=1S/C10H8.Rb.H/c1-2-6-10-8-4-3-7-9(10)5-1;;/h1-8H;;/q;+1;-1. The molecule has 0 heterocycles. The number of hydrogen-bond acceptors (Lipinski definition) is 0. The minimum Gasteiger partial charge on any atom is -1.00 e. The molecule has 11 heavy (non-hydrogen) atoms. The molecule has 50 valence electrons. The second-order valence-electron chi connectivity index (χ2n) is 2.35. The molecular formula is C10H9Rb. The van der Waals surface area contributed by atoms with Crippen LogP contribution in [0.1, 0.15) is 1.43 Å². The van der Waals surface area contributed by atoms with Gasteiger partial charge in [0.05, 0.1) is 0 Å². The van der Waals surface area contributed by atoms with Crippen LogP contribution in [0, 0.1) is 0 Å². The summed E-state index contributed by atoms with van der Waals surface area (Å²) in [6.45, 7) is 0. The van der Waals surface area contributed by atoms with E-state index in [9.17, 15) is 0 Å². The largest absolute Gasteiger partial charge is 1.00 e.